The van der Waals surface area contributed by atoms with Crippen LogP contribution in [0.3, 0.4) is 0 Å². The maximum absolute atomic E-state index is 13.1. The van der Waals surface area contributed by atoms with E-state index in [4.69, 9.17) is 0 Å². The van der Waals surface area contributed by atoms with Crippen LogP contribution in [0.1, 0.15) is 35.7 Å². The van der Waals surface area contributed by atoms with Crippen LogP contribution in [-0.2, 0) is 6.42 Å². The Bertz CT molecular complexity index is 727. The maximum atomic E-state index is 13.1. The van der Waals surface area contributed by atoms with Gasteiger partial charge in [0.1, 0.15) is 5.66 Å². The highest BCUT2D eigenvalue weighted by Gasteiger charge is 2.48. The molecule has 0 aliphatic carbocycles. The zero-order valence-electron chi connectivity index (χ0n) is 13.5. The number of anilines is 1. The molecule has 0 spiro atoms. The van der Waals surface area contributed by atoms with Gasteiger partial charge in [-0.05, 0) is 43.9 Å². The molecule has 4 rings (SSSR count). The van der Waals surface area contributed by atoms with Gasteiger partial charge in [0.2, 0.25) is 0 Å². The molecular formula is C20H22N2O. The zero-order chi connectivity index (χ0) is 15.9. The Kier molecular flexibility index (Phi) is 3.37. The molecule has 0 N–H and O–H groups in total. The molecule has 2 aromatic rings. The fourth-order valence-corrected chi connectivity index (χ4v) is 4.09. The monoisotopic (exact) mass is 306 g/mol. The molecule has 0 saturated carbocycles. The normalized spacial score (nSPS) is 22.9. The highest BCUT2D eigenvalue weighted by molar-refractivity contribution is 6.02. The van der Waals surface area contributed by atoms with E-state index >= 15 is 0 Å². The van der Waals surface area contributed by atoms with Crippen LogP contribution in [0.25, 0.3) is 0 Å². The predicted molar refractivity (Wildman–Crippen MR) is 92.6 cm³/mol. The fourth-order valence-electron chi connectivity index (χ4n) is 4.09. The van der Waals surface area contributed by atoms with Crippen LogP contribution in [0, 0.1) is 0 Å². The van der Waals surface area contributed by atoms with Crippen molar-refractivity contribution >= 4 is 11.6 Å². The van der Waals surface area contributed by atoms with Crippen LogP contribution in [0.15, 0.2) is 54.6 Å². The molecule has 1 saturated heterocycles. The lowest BCUT2D eigenvalue weighted by molar-refractivity contribution is 0.0502. The molecule has 1 atom stereocenters. The van der Waals surface area contributed by atoms with Gasteiger partial charge in [-0.15, -0.1) is 0 Å². The average Bonchev–Trinajstić information content (AvgIpc) is 2.98. The summed E-state index contributed by atoms with van der Waals surface area (Å²) in [4.78, 5) is 17.6. The molecule has 0 radical (unpaired) electrons. The number of hydrogen-bond acceptors (Lipinski definition) is 2. The summed E-state index contributed by atoms with van der Waals surface area (Å²) < 4.78 is 0. The minimum Gasteiger partial charge on any atom is -0.348 e. The molecule has 23 heavy (non-hydrogen) atoms. The van der Waals surface area contributed by atoms with Crippen LogP contribution < -0.4 is 4.90 Å². The van der Waals surface area contributed by atoms with Crippen molar-refractivity contribution in [3.8, 4) is 0 Å². The standard InChI is InChI=1S/C20H22N2O/c1-20-13-7-14-21(20)18-11-6-5-10-17(18)19(23)22(20)15-12-16-8-3-2-4-9-16/h2-6,8-11H,7,12-15H2,1H3. The van der Waals surface area contributed by atoms with Crippen LogP contribution in [0.2, 0.25) is 0 Å². The molecule has 1 unspecified atom stereocenters. The largest absolute Gasteiger partial charge is 0.348 e. The van der Waals surface area contributed by atoms with E-state index in [1.165, 1.54) is 5.56 Å². The van der Waals surface area contributed by atoms with E-state index < -0.39 is 0 Å². The Morgan fingerprint density at radius 1 is 1.04 bits per heavy atom. The Labute approximate surface area is 137 Å². The van der Waals surface area contributed by atoms with E-state index in [1.807, 2.05) is 24.3 Å². The molecule has 2 aromatic carbocycles. The van der Waals surface area contributed by atoms with Gasteiger partial charge in [0.15, 0.2) is 0 Å². The first-order valence-corrected chi connectivity index (χ1v) is 8.43. The minimum absolute atomic E-state index is 0.178. The first-order valence-electron chi connectivity index (χ1n) is 8.43. The number of para-hydroxylation sites is 1. The Balaban J connectivity index is 1.67. The summed E-state index contributed by atoms with van der Waals surface area (Å²) in [5.74, 6) is 0.178. The number of hydrogen-bond donors (Lipinski definition) is 0. The molecule has 118 valence electrons. The SMILES string of the molecule is CC12CCCN1c1ccccc1C(=O)N2CCc1ccccc1. The molecule has 2 aliphatic heterocycles. The van der Waals surface area contributed by atoms with Crippen molar-refractivity contribution in [3.63, 3.8) is 0 Å². The van der Waals surface area contributed by atoms with Crippen molar-refractivity contribution in [2.75, 3.05) is 18.0 Å². The van der Waals surface area contributed by atoms with Gasteiger partial charge in [-0.2, -0.15) is 0 Å². The third-order valence-electron chi connectivity index (χ3n) is 5.33. The summed E-state index contributed by atoms with van der Waals surface area (Å²) >= 11 is 0. The summed E-state index contributed by atoms with van der Waals surface area (Å²) in [6.07, 6.45) is 3.08. The van der Waals surface area contributed by atoms with Crippen LogP contribution in [0.5, 0.6) is 0 Å². The second-order valence-corrected chi connectivity index (χ2v) is 6.68. The summed E-state index contributed by atoms with van der Waals surface area (Å²) in [7, 11) is 0. The van der Waals surface area contributed by atoms with E-state index in [2.05, 4.69) is 47.1 Å². The Morgan fingerprint density at radius 3 is 2.61 bits per heavy atom. The number of nitrogens with zero attached hydrogens (tertiary/aromatic N) is 2. The Morgan fingerprint density at radius 2 is 1.78 bits per heavy atom. The lowest BCUT2D eigenvalue weighted by atomic mass is 9.97. The van der Waals surface area contributed by atoms with E-state index in [9.17, 15) is 4.79 Å². The number of benzene rings is 2. The summed E-state index contributed by atoms with van der Waals surface area (Å²) in [5.41, 5.74) is 3.06. The molecule has 1 fully saturated rings. The molecule has 1 amide bonds. The van der Waals surface area contributed by atoms with Gasteiger partial charge in [-0.1, -0.05) is 42.5 Å². The summed E-state index contributed by atoms with van der Waals surface area (Å²) in [5, 5.41) is 0. The number of fused-ring (bicyclic) bond motifs is 3. The van der Waals surface area contributed by atoms with Gasteiger partial charge >= 0.3 is 0 Å². The molecule has 2 heterocycles. The van der Waals surface area contributed by atoms with E-state index in [0.29, 0.717) is 0 Å². The molecular weight excluding hydrogens is 284 g/mol. The van der Waals surface area contributed by atoms with Crippen molar-refractivity contribution < 1.29 is 4.79 Å². The van der Waals surface area contributed by atoms with E-state index in [-0.39, 0.29) is 11.6 Å². The van der Waals surface area contributed by atoms with Gasteiger partial charge < -0.3 is 9.80 Å². The minimum atomic E-state index is -0.180. The zero-order valence-corrected chi connectivity index (χ0v) is 13.5. The first-order chi connectivity index (χ1) is 11.2. The highest BCUT2D eigenvalue weighted by Crippen LogP contribution is 2.43. The first kappa shape index (κ1) is 14.3. The smallest absolute Gasteiger partial charge is 0.257 e. The molecule has 3 nitrogen and oxygen atoms in total. The number of carbonyl (C=O) groups is 1. The van der Waals surface area contributed by atoms with Crippen molar-refractivity contribution in [3.05, 3.63) is 65.7 Å². The van der Waals surface area contributed by atoms with Gasteiger partial charge in [0.25, 0.3) is 5.91 Å². The van der Waals surface area contributed by atoms with Crippen LogP contribution in [0.4, 0.5) is 5.69 Å². The van der Waals surface area contributed by atoms with Crippen LogP contribution in [-0.4, -0.2) is 29.6 Å². The third-order valence-corrected chi connectivity index (χ3v) is 5.33. The molecule has 0 bridgehead atoms. The van der Waals surface area contributed by atoms with Crippen molar-refractivity contribution in [1.29, 1.82) is 0 Å². The lowest BCUT2D eigenvalue weighted by Crippen LogP contribution is -2.61. The second kappa shape index (κ2) is 5.41. The second-order valence-electron chi connectivity index (χ2n) is 6.68. The lowest BCUT2D eigenvalue weighted by Gasteiger charge is -2.50. The summed E-state index contributed by atoms with van der Waals surface area (Å²) in [6.45, 7) is 4.02. The van der Waals surface area contributed by atoms with Crippen molar-refractivity contribution in [2.24, 2.45) is 0 Å². The number of amides is 1. The van der Waals surface area contributed by atoms with E-state index in [1.54, 1.807) is 0 Å². The highest BCUT2D eigenvalue weighted by atomic mass is 16.2. The van der Waals surface area contributed by atoms with Crippen LogP contribution >= 0.6 is 0 Å². The topological polar surface area (TPSA) is 23.6 Å². The molecule has 3 heteroatoms. The average molecular weight is 306 g/mol. The number of carbonyl (C=O) groups excluding carboxylic acids is 1. The Hall–Kier alpha value is -2.29. The van der Waals surface area contributed by atoms with Crippen molar-refractivity contribution in [2.45, 2.75) is 31.8 Å². The van der Waals surface area contributed by atoms with Crippen molar-refractivity contribution in [1.82, 2.24) is 4.90 Å². The van der Waals surface area contributed by atoms with Gasteiger partial charge in [0.05, 0.1) is 11.3 Å². The quantitative estimate of drug-likeness (QED) is 0.863. The van der Waals surface area contributed by atoms with Gasteiger partial charge in [-0.3, -0.25) is 4.79 Å². The summed E-state index contributed by atoms with van der Waals surface area (Å²) in [6, 6.07) is 18.5. The number of rotatable bonds is 3. The van der Waals surface area contributed by atoms with E-state index in [0.717, 1.165) is 43.6 Å². The third kappa shape index (κ3) is 2.23. The molecule has 2 aliphatic rings. The maximum Gasteiger partial charge on any atom is 0.257 e. The molecule has 0 aromatic heterocycles. The fraction of sp³-hybridized carbons (Fsp3) is 0.350. The van der Waals surface area contributed by atoms with Gasteiger partial charge in [-0.25, -0.2) is 0 Å². The predicted octanol–water partition coefficient (Wildman–Crippen LogP) is 3.70. The van der Waals surface area contributed by atoms with Gasteiger partial charge in [0, 0.05) is 13.1 Å².